The van der Waals surface area contributed by atoms with Crippen LogP contribution in [0, 0.1) is 71.0 Å². The molecule has 0 N–H and O–H groups in total. The maximum absolute atomic E-state index is 3.73. The van der Waals surface area contributed by atoms with E-state index in [0.717, 1.165) is 88.0 Å². The summed E-state index contributed by atoms with van der Waals surface area (Å²) in [7, 11) is 0. The van der Waals surface area contributed by atoms with Gasteiger partial charge in [0.25, 0.3) is 0 Å². The van der Waals surface area contributed by atoms with Gasteiger partial charge in [0.15, 0.2) is 0 Å². The maximum Gasteiger partial charge on any atom is 0.0581 e. The van der Waals surface area contributed by atoms with Crippen LogP contribution in [-0.2, 0) is 0 Å². The molecule has 0 heteroatoms. The van der Waals surface area contributed by atoms with Gasteiger partial charge in [0.05, 0.1) is 22.3 Å². The zero-order chi connectivity index (χ0) is 44.3. The van der Waals surface area contributed by atoms with E-state index in [2.05, 4.69) is 107 Å². The van der Waals surface area contributed by atoms with E-state index in [9.17, 15) is 0 Å². The Morgan fingerprint density at radius 1 is 0.167 bits per heavy atom. The van der Waals surface area contributed by atoms with E-state index in [-0.39, 0.29) is 0 Å². The van der Waals surface area contributed by atoms with Crippen LogP contribution < -0.4 is 0 Å². The third-order valence-electron chi connectivity index (χ3n) is 11.1. The van der Waals surface area contributed by atoms with E-state index < -0.39 is 0 Å². The summed E-state index contributed by atoms with van der Waals surface area (Å²) >= 11 is 0. The van der Waals surface area contributed by atoms with Crippen LogP contribution in [0.1, 0.15) is 66.8 Å². The Morgan fingerprint density at radius 3 is 0.833 bits per heavy atom. The topological polar surface area (TPSA) is 0 Å². The van der Waals surface area contributed by atoms with Crippen molar-refractivity contribution in [2.75, 3.05) is 0 Å². The zero-order valence-corrected chi connectivity index (χ0v) is 35.8. The molecule has 0 atom stereocenters. The van der Waals surface area contributed by atoms with E-state index in [1.165, 1.54) is 0 Å². The smallest absolute Gasteiger partial charge is 0.0581 e. The summed E-state index contributed by atoms with van der Waals surface area (Å²) in [6.45, 7) is 0. The zero-order valence-electron chi connectivity index (χ0n) is 35.8. The highest BCUT2D eigenvalue weighted by molar-refractivity contribution is 6.30. The molecule has 0 saturated carbocycles. The molecule has 0 heterocycles. The molecule has 0 amide bonds. The highest BCUT2D eigenvalue weighted by Crippen LogP contribution is 2.43. The average molecular weight is 829 g/mol. The van der Waals surface area contributed by atoms with Crippen molar-refractivity contribution >= 4 is 32.3 Å². The molecule has 0 nitrogen and oxygen atoms in total. The van der Waals surface area contributed by atoms with E-state index in [0.29, 0.717) is 11.1 Å². The summed E-state index contributed by atoms with van der Waals surface area (Å²) in [6, 6.07) is 73.2. The predicted molar refractivity (Wildman–Crippen MR) is 273 cm³/mol. The van der Waals surface area contributed by atoms with Crippen LogP contribution in [0.5, 0.6) is 0 Å². The molecule has 10 aromatic carbocycles. The Bertz CT molecular complexity index is 3810. The molecule has 66 heavy (non-hydrogen) atoms. The first-order valence-electron chi connectivity index (χ1n) is 21.7. The fraction of sp³-hybridized carbons (Fsp3) is 0. The minimum Gasteiger partial charge on any atom is -0.0622 e. The van der Waals surface area contributed by atoms with Crippen LogP contribution in [0.15, 0.2) is 218 Å². The standard InChI is InChI=1S/C66H36/c1-7-21-49(22-8-1)35-41-55-42-48-62-57-33-19-20-34-60(57)65-61(46-39-53-29-15-5-16-30-53)58(44-37-51-25-11-3-12-26-51)59(45-38-52-27-13-4-14-28-52)63(47-40-54-31-17-6-18-32-54)66(65)64(62)56(55)43-36-50-23-9-2-10-24-50/h1-34,42,48H. The molecule has 0 unspecified atom stereocenters. The molecule has 0 aliphatic carbocycles. The monoisotopic (exact) mass is 828 g/mol. The molecule has 0 fully saturated rings. The van der Waals surface area contributed by atoms with E-state index in [1.807, 2.05) is 182 Å². The fourth-order valence-corrected chi connectivity index (χ4v) is 7.97. The van der Waals surface area contributed by atoms with Crippen molar-refractivity contribution < 1.29 is 0 Å². The van der Waals surface area contributed by atoms with Gasteiger partial charge in [-0.1, -0.05) is 211 Å². The molecule has 10 aromatic rings. The normalized spacial score (nSPS) is 10.0. The second kappa shape index (κ2) is 19.2. The molecular weight excluding hydrogens is 793 g/mol. The van der Waals surface area contributed by atoms with Crippen molar-refractivity contribution in [3.05, 3.63) is 285 Å². The number of hydrogen-bond donors (Lipinski definition) is 0. The summed E-state index contributed by atoms with van der Waals surface area (Å²) in [4.78, 5) is 0. The van der Waals surface area contributed by atoms with Gasteiger partial charge in [-0.15, -0.1) is 0 Å². The van der Waals surface area contributed by atoms with Crippen molar-refractivity contribution in [2.24, 2.45) is 0 Å². The summed E-state index contributed by atoms with van der Waals surface area (Å²) < 4.78 is 0. The third kappa shape index (κ3) is 8.83. The Labute approximate surface area is 386 Å². The van der Waals surface area contributed by atoms with Gasteiger partial charge in [-0.3, -0.25) is 0 Å². The minimum absolute atomic E-state index is 0.690. The molecule has 10 rings (SSSR count). The fourth-order valence-electron chi connectivity index (χ4n) is 7.97. The molecule has 0 aliphatic heterocycles. The SMILES string of the molecule is C(#Cc1ccc2c3ccccc3c3c(C#Cc4ccccc4)c(C#Cc4ccccc4)c(C#Cc4ccccc4)c(C#Cc4ccccc4)c3c2c1C#Cc1ccccc1)c1ccccc1. The highest BCUT2D eigenvalue weighted by atomic mass is 14.2. The van der Waals surface area contributed by atoms with Crippen molar-refractivity contribution in [1.82, 2.24) is 0 Å². The summed E-state index contributed by atoms with van der Waals surface area (Å²) in [5.41, 5.74) is 9.82. The first kappa shape index (κ1) is 40.4. The van der Waals surface area contributed by atoms with E-state index in [4.69, 9.17) is 0 Å². The van der Waals surface area contributed by atoms with Crippen molar-refractivity contribution in [3.63, 3.8) is 0 Å². The predicted octanol–water partition coefficient (Wildman–Crippen LogP) is 13.5. The maximum atomic E-state index is 3.73. The third-order valence-corrected chi connectivity index (χ3v) is 11.1. The lowest BCUT2D eigenvalue weighted by Crippen LogP contribution is -2.02. The Balaban J connectivity index is 1.47. The van der Waals surface area contributed by atoms with Crippen LogP contribution in [-0.4, -0.2) is 0 Å². The number of hydrogen-bond acceptors (Lipinski definition) is 0. The van der Waals surface area contributed by atoms with Crippen molar-refractivity contribution in [2.45, 2.75) is 0 Å². The van der Waals surface area contributed by atoms with Crippen LogP contribution in [0.25, 0.3) is 32.3 Å². The van der Waals surface area contributed by atoms with Gasteiger partial charge in [0, 0.05) is 60.7 Å². The summed E-state index contributed by atoms with van der Waals surface area (Å²) in [6.07, 6.45) is 0. The largest absolute Gasteiger partial charge is 0.0622 e. The molecular formula is C66H36. The van der Waals surface area contributed by atoms with Gasteiger partial charge in [-0.05, 0) is 95.0 Å². The summed E-state index contributed by atoms with van der Waals surface area (Å²) in [5.74, 6) is 43.1. The Morgan fingerprint density at radius 2 is 0.439 bits per heavy atom. The van der Waals surface area contributed by atoms with Crippen LogP contribution in [0.2, 0.25) is 0 Å². The number of benzene rings is 10. The van der Waals surface area contributed by atoms with Crippen molar-refractivity contribution in [3.8, 4) is 71.0 Å². The lowest BCUT2D eigenvalue weighted by Gasteiger charge is -2.19. The molecule has 0 saturated heterocycles. The van der Waals surface area contributed by atoms with Gasteiger partial charge in [-0.2, -0.15) is 0 Å². The lowest BCUT2D eigenvalue weighted by molar-refractivity contribution is 1.55. The van der Waals surface area contributed by atoms with Crippen LogP contribution in [0.4, 0.5) is 0 Å². The molecule has 0 bridgehead atoms. The average Bonchev–Trinajstić information content (AvgIpc) is 3.39. The quantitative estimate of drug-likeness (QED) is 0.106. The van der Waals surface area contributed by atoms with Gasteiger partial charge in [0.2, 0.25) is 0 Å². The van der Waals surface area contributed by atoms with Crippen molar-refractivity contribution in [1.29, 1.82) is 0 Å². The first-order valence-corrected chi connectivity index (χ1v) is 21.7. The molecule has 0 aliphatic rings. The van der Waals surface area contributed by atoms with Crippen LogP contribution in [0.3, 0.4) is 0 Å². The lowest BCUT2D eigenvalue weighted by atomic mass is 9.81. The molecule has 0 aromatic heterocycles. The van der Waals surface area contributed by atoms with Gasteiger partial charge < -0.3 is 0 Å². The number of fused-ring (bicyclic) bond motifs is 6. The Kier molecular flexibility index (Phi) is 11.7. The van der Waals surface area contributed by atoms with Gasteiger partial charge >= 0.3 is 0 Å². The van der Waals surface area contributed by atoms with E-state index in [1.54, 1.807) is 0 Å². The summed E-state index contributed by atoms with van der Waals surface area (Å²) in [5, 5.41) is 5.86. The Hall–Kier alpha value is -9.66. The molecule has 0 radical (unpaired) electrons. The molecule has 300 valence electrons. The second-order valence-corrected chi connectivity index (χ2v) is 15.4. The van der Waals surface area contributed by atoms with E-state index >= 15 is 0 Å². The molecule has 0 spiro atoms. The minimum atomic E-state index is 0.690. The van der Waals surface area contributed by atoms with Gasteiger partial charge in [0.1, 0.15) is 0 Å². The number of rotatable bonds is 0. The van der Waals surface area contributed by atoms with Crippen LogP contribution >= 0.6 is 0 Å². The second-order valence-electron chi connectivity index (χ2n) is 15.4. The van der Waals surface area contributed by atoms with Gasteiger partial charge in [-0.25, -0.2) is 0 Å². The highest BCUT2D eigenvalue weighted by Gasteiger charge is 2.23. The first-order chi connectivity index (χ1) is 32.8.